The highest BCUT2D eigenvalue weighted by atomic mass is 32.2. The summed E-state index contributed by atoms with van der Waals surface area (Å²) in [5, 5.41) is 1.33. The van der Waals surface area contributed by atoms with Gasteiger partial charge >= 0.3 is 0 Å². The molecule has 90 valence electrons. The van der Waals surface area contributed by atoms with Gasteiger partial charge in [0.1, 0.15) is 5.75 Å². The van der Waals surface area contributed by atoms with Gasteiger partial charge in [-0.2, -0.15) is 11.8 Å². The minimum Gasteiger partial charge on any atom is -0.497 e. The van der Waals surface area contributed by atoms with Crippen molar-refractivity contribution in [2.45, 2.75) is 32.3 Å². The van der Waals surface area contributed by atoms with Crippen molar-refractivity contribution in [2.75, 3.05) is 12.5 Å². The Kier molecular flexibility index (Phi) is 4.93. The second kappa shape index (κ2) is 5.78. The molecule has 0 unspecified atom stereocenters. The maximum Gasteiger partial charge on any atom is 0.119 e. The second-order valence-corrected chi connectivity index (χ2v) is 12.3. The first-order chi connectivity index (χ1) is 7.42. The van der Waals surface area contributed by atoms with Gasteiger partial charge in [-0.25, -0.2) is 0 Å². The molecule has 0 radical (unpaired) electrons. The van der Waals surface area contributed by atoms with Crippen molar-refractivity contribution < 1.29 is 4.74 Å². The Bertz CT molecular complexity index is 344. The van der Waals surface area contributed by atoms with E-state index >= 15 is 0 Å². The monoisotopic (exact) mass is 254 g/mol. The minimum absolute atomic E-state index is 0.908. The fourth-order valence-corrected chi connectivity index (χ4v) is 4.83. The molecule has 0 fully saturated rings. The molecule has 0 saturated heterocycles. The molecule has 3 heteroatoms. The molecule has 0 amide bonds. The van der Waals surface area contributed by atoms with E-state index in [9.17, 15) is 0 Å². The van der Waals surface area contributed by atoms with Crippen LogP contribution in [0.5, 0.6) is 5.75 Å². The Labute approximate surface area is 105 Å². The van der Waals surface area contributed by atoms with Gasteiger partial charge < -0.3 is 4.74 Å². The molecule has 0 heterocycles. The first kappa shape index (κ1) is 13.7. The van der Waals surface area contributed by atoms with E-state index in [2.05, 4.69) is 56.5 Å². The quantitative estimate of drug-likeness (QED) is 0.731. The molecule has 0 bridgehead atoms. The van der Waals surface area contributed by atoms with Gasteiger partial charge in [0, 0.05) is 5.75 Å². The highest BCUT2D eigenvalue weighted by Crippen LogP contribution is 2.22. The number of aryl methyl sites for hydroxylation is 1. The van der Waals surface area contributed by atoms with Crippen molar-refractivity contribution in [3.8, 4) is 5.75 Å². The van der Waals surface area contributed by atoms with Crippen LogP contribution in [0.2, 0.25) is 19.6 Å². The Morgan fingerprint density at radius 1 is 1.25 bits per heavy atom. The molecule has 0 N–H and O–H groups in total. The fourth-order valence-electron chi connectivity index (χ4n) is 1.42. The molecule has 1 aromatic carbocycles. The van der Waals surface area contributed by atoms with Crippen molar-refractivity contribution in [2.24, 2.45) is 0 Å². The van der Waals surface area contributed by atoms with E-state index in [0.717, 1.165) is 11.5 Å². The lowest BCUT2D eigenvalue weighted by Gasteiger charge is -2.15. The van der Waals surface area contributed by atoms with Gasteiger partial charge in [0.15, 0.2) is 0 Å². The van der Waals surface area contributed by atoms with Gasteiger partial charge in [-0.1, -0.05) is 25.7 Å². The van der Waals surface area contributed by atoms with Crippen LogP contribution in [0.25, 0.3) is 0 Å². The summed E-state index contributed by atoms with van der Waals surface area (Å²) in [6, 6.07) is 6.35. The molecule has 0 saturated carbocycles. The second-order valence-electron chi connectivity index (χ2n) is 5.35. The highest BCUT2D eigenvalue weighted by molar-refractivity contribution is 8.00. The summed E-state index contributed by atoms with van der Waals surface area (Å²) in [6.07, 6.45) is 0. The third-order valence-corrected chi connectivity index (χ3v) is 7.14. The van der Waals surface area contributed by atoms with Crippen LogP contribution in [-0.2, 0) is 5.75 Å². The van der Waals surface area contributed by atoms with Crippen LogP contribution in [0.4, 0.5) is 0 Å². The van der Waals surface area contributed by atoms with Crippen molar-refractivity contribution in [1.29, 1.82) is 0 Å². The number of benzene rings is 1. The Balaban J connectivity index is 2.55. The summed E-state index contributed by atoms with van der Waals surface area (Å²) in [7, 11) is 0.809. The molecule has 16 heavy (non-hydrogen) atoms. The molecule has 0 spiro atoms. The predicted octanol–water partition coefficient (Wildman–Crippen LogP) is 4.11. The van der Waals surface area contributed by atoms with Gasteiger partial charge in [0.2, 0.25) is 0 Å². The molecular formula is C13H22OSSi. The maximum atomic E-state index is 5.21. The predicted molar refractivity (Wildman–Crippen MR) is 77.2 cm³/mol. The largest absolute Gasteiger partial charge is 0.497 e. The fraction of sp³-hybridized carbons (Fsp3) is 0.538. The van der Waals surface area contributed by atoms with Crippen molar-refractivity contribution in [3.63, 3.8) is 0 Å². The normalized spacial score (nSPS) is 11.6. The van der Waals surface area contributed by atoms with Gasteiger partial charge in [-0.3, -0.25) is 0 Å². The molecule has 1 rings (SSSR count). The summed E-state index contributed by atoms with van der Waals surface area (Å²) >= 11 is 2.06. The molecular weight excluding hydrogens is 232 g/mol. The van der Waals surface area contributed by atoms with Crippen LogP contribution < -0.4 is 4.74 Å². The summed E-state index contributed by atoms with van der Waals surface area (Å²) in [6.45, 7) is 9.41. The summed E-state index contributed by atoms with van der Waals surface area (Å²) < 4.78 is 5.21. The molecule has 1 nitrogen and oxygen atoms in total. The molecule has 0 aliphatic carbocycles. The number of methoxy groups -OCH3 is 1. The zero-order valence-electron chi connectivity index (χ0n) is 11.0. The third-order valence-electron chi connectivity index (χ3n) is 2.34. The van der Waals surface area contributed by atoms with Gasteiger partial charge in [0.05, 0.1) is 15.2 Å². The molecule has 0 atom stereocenters. The average Bonchev–Trinajstić information content (AvgIpc) is 2.18. The Morgan fingerprint density at radius 3 is 2.44 bits per heavy atom. The Morgan fingerprint density at radius 2 is 1.94 bits per heavy atom. The van der Waals surface area contributed by atoms with E-state index in [1.165, 1.54) is 16.5 Å². The number of rotatable bonds is 5. The van der Waals surface area contributed by atoms with Crippen LogP contribution >= 0.6 is 11.8 Å². The van der Waals surface area contributed by atoms with Crippen molar-refractivity contribution in [1.82, 2.24) is 0 Å². The van der Waals surface area contributed by atoms with Gasteiger partial charge in [-0.05, 0) is 35.6 Å². The zero-order chi connectivity index (χ0) is 12.2. The maximum absolute atomic E-state index is 5.21. The van der Waals surface area contributed by atoms with Crippen LogP contribution in [0.3, 0.4) is 0 Å². The van der Waals surface area contributed by atoms with Crippen LogP contribution in [-0.4, -0.2) is 20.6 Å². The lowest BCUT2D eigenvalue weighted by Crippen LogP contribution is -2.23. The lowest BCUT2D eigenvalue weighted by molar-refractivity contribution is 0.414. The van der Waals surface area contributed by atoms with Crippen LogP contribution in [0.15, 0.2) is 18.2 Å². The molecule has 0 aliphatic heterocycles. The third kappa shape index (κ3) is 4.62. The van der Waals surface area contributed by atoms with Crippen molar-refractivity contribution >= 4 is 19.8 Å². The average molecular weight is 254 g/mol. The van der Waals surface area contributed by atoms with Crippen LogP contribution in [0.1, 0.15) is 11.1 Å². The Hall–Kier alpha value is -0.413. The number of ether oxygens (including phenoxy) is 1. The van der Waals surface area contributed by atoms with E-state index < -0.39 is 8.07 Å². The number of thioether (sulfide) groups is 1. The smallest absolute Gasteiger partial charge is 0.119 e. The first-order valence-electron chi connectivity index (χ1n) is 5.63. The van der Waals surface area contributed by atoms with Gasteiger partial charge in [0.25, 0.3) is 0 Å². The van der Waals surface area contributed by atoms with Crippen LogP contribution in [0, 0.1) is 6.92 Å². The lowest BCUT2D eigenvalue weighted by atomic mass is 10.1. The summed E-state index contributed by atoms with van der Waals surface area (Å²) in [5.74, 6) is 2.08. The van der Waals surface area contributed by atoms with E-state index in [1.54, 1.807) is 7.11 Å². The molecule has 1 aromatic rings. The van der Waals surface area contributed by atoms with E-state index in [4.69, 9.17) is 4.74 Å². The number of hydrogen-bond acceptors (Lipinski definition) is 2. The first-order valence-corrected chi connectivity index (χ1v) is 10.5. The number of hydrogen-bond donors (Lipinski definition) is 0. The van der Waals surface area contributed by atoms with E-state index in [-0.39, 0.29) is 0 Å². The highest BCUT2D eigenvalue weighted by Gasteiger charge is 2.12. The van der Waals surface area contributed by atoms with E-state index in [1.807, 2.05) is 0 Å². The summed E-state index contributed by atoms with van der Waals surface area (Å²) in [5.41, 5.74) is 2.77. The molecule has 0 aromatic heterocycles. The van der Waals surface area contributed by atoms with Gasteiger partial charge in [-0.15, -0.1) is 0 Å². The van der Waals surface area contributed by atoms with Crippen molar-refractivity contribution in [3.05, 3.63) is 29.3 Å². The topological polar surface area (TPSA) is 9.23 Å². The van der Waals surface area contributed by atoms with E-state index in [0.29, 0.717) is 0 Å². The zero-order valence-corrected chi connectivity index (χ0v) is 12.8. The SMILES string of the molecule is COc1ccc(CSC[Si](C)(C)C)c(C)c1. The standard InChI is InChI=1S/C13H22OSSi/c1-11-8-13(14-2)7-6-12(11)9-15-10-16(3,4)5/h6-8H,9-10H2,1-5H3. The molecule has 0 aliphatic rings. The summed E-state index contributed by atoms with van der Waals surface area (Å²) in [4.78, 5) is 0. The minimum atomic E-state index is -0.908.